The minimum absolute atomic E-state index is 0.696. The molecule has 1 N–H and O–H groups in total. The van der Waals surface area contributed by atoms with Gasteiger partial charge < -0.3 is 9.55 Å². The summed E-state index contributed by atoms with van der Waals surface area (Å²) in [6.45, 7) is 3.19. The second-order valence-corrected chi connectivity index (χ2v) is 9.53. The molecule has 6 rings (SSSR count). The number of hydrogen-bond donors (Lipinski definition) is 1. The van der Waals surface area contributed by atoms with Crippen molar-refractivity contribution in [2.75, 3.05) is 0 Å². The highest BCUT2D eigenvalue weighted by atomic mass is 16.1. The number of aldehydes is 1. The number of aromatic amines is 1. The summed E-state index contributed by atoms with van der Waals surface area (Å²) in [5.74, 6) is 0.832. The Morgan fingerprint density at radius 3 is 2.14 bits per heavy atom. The maximum atomic E-state index is 11.6. The first kappa shape index (κ1) is 23.0. The van der Waals surface area contributed by atoms with Crippen LogP contribution < -0.4 is 0 Å². The van der Waals surface area contributed by atoms with Gasteiger partial charge in [0.2, 0.25) is 0 Å². The van der Waals surface area contributed by atoms with E-state index in [1.807, 2.05) is 36.4 Å². The topological polar surface area (TPSA) is 50.7 Å². The molecule has 0 aliphatic carbocycles. The van der Waals surface area contributed by atoms with E-state index in [1.54, 1.807) is 0 Å². The normalized spacial score (nSPS) is 11.4. The molecule has 0 amide bonds. The molecule has 182 valence electrons. The molecule has 0 unspecified atom stereocenters. The van der Waals surface area contributed by atoms with E-state index in [0.717, 1.165) is 63.9 Å². The fraction of sp³-hybridized carbons (Fsp3) is 0.152. The van der Waals surface area contributed by atoms with Crippen molar-refractivity contribution < 1.29 is 4.79 Å². The fourth-order valence-electron chi connectivity index (χ4n) is 5.23. The standard InChI is InChI=1S/C33H29N3O/c1-2-3-10-19-36-29-17-15-23(22-37)20-27(29)28-21-26(16-18-30(28)36)33-34-31(24-11-6-4-7-12-24)32(35-33)25-13-8-5-9-14-25/h4-9,11-18,20-22H,2-3,10,19H2,1H3,(H,34,35). The van der Waals surface area contributed by atoms with Crippen molar-refractivity contribution in [2.45, 2.75) is 32.7 Å². The minimum atomic E-state index is 0.696. The van der Waals surface area contributed by atoms with Gasteiger partial charge in [0.05, 0.1) is 11.4 Å². The van der Waals surface area contributed by atoms with E-state index in [9.17, 15) is 4.79 Å². The number of unbranched alkanes of at least 4 members (excludes halogenated alkanes) is 2. The quantitative estimate of drug-likeness (QED) is 0.174. The van der Waals surface area contributed by atoms with Crippen molar-refractivity contribution in [3.8, 4) is 33.9 Å². The summed E-state index contributed by atoms with van der Waals surface area (Å²) >= 11 is 0. The summed E-state index contributed by atoms with van der Waals surface area (Å²) in [5, 5.41) is 2.25. The molecule has 4 heteroatoms. The lowest BCUT2D eigenvalue weighted by Crippen LogP contribution is -1.97. The maximum Gasteiger partial charge on any atom is 0.150 e. The lowest BCUT2D eigenvalue weighted by atomic mass is 10.1. The van der Waals surface area contributed by atoms with Gasteiger partial charge in [-0.3, -0.25) is 4.79 Å². The molecule has 4 nitrogen and oxygen atoms in total. The van der Waals surface area contributed by atoms with Crippen LogP contribution in [0.25, 0.3) is 55.7 Å². The Morgan fingerprint density at radius 2 is 1.43 bits per heavy atom. The third-order valence-electron chi connectivity index (χ3n) is 7.10. The number of carbonyl (C=O) groups is 1. The first-order valence-electron chi connectivity index (χ1n) is 13.0. The van der Waals surface area contributed by atoms with Crippen LogP contribution in [0, 0.1) is 0 Å². The molecule has 0 radical (unpaired) electrons. The van der Waals surface area contributed by atoms with Gasteiger partial charge >= 0.3 is 0 Å². The number of aromatic nitrogens is 3. The van der Waals surface area contributed by atoms with Crippen molar-refractivity contribution in [1.29, 1.82) is 0 Å². The van der Waals surface area contributed by atoms with Gasteiger partial charge in [0.1, 0.15) is 12.1 Å². The Kier molecular flexibility index (Phi) is 6.15. The first-order valence-corrected chi connectivity index (χ1v) is 13.0. The molecule has 37 heavy (non-hydrogen) atoms. The molecular formula is C33H29N3O. The lowest BCUT2D eigenvalue weighted by Gasteiger charge is -2.07. The average Bonchev–Trinajstić information content (AvgIpc) is 3.54. The molecular weight excluding hydrogens is 454 g/mol. The predicted octanol–water partition coefficient (Wildman–Crippen LogP) is 8.52. The van der Waals surface area contributed by atoms with Crippen molar-refractivity contribution in [2.24, 2.45) is 0 Å². The zero-order chi connectivity index (χ0) is 25.2. The molecule has 0 atom stereocenters. The minimum Gasteiger partial charge on any atom is -0.340 e. The van der Waals surface area contributed by atoms with Crippen LogP contribution in [0.2, 0.25) is 0 Å². The van der Waals surface area contributed by atoms with Crippen molar-refractivity contribution in [1.82, 2.24) is 14.5 Å². The summed E-state index contributed by atoms with van der Waals surface area (Å²) in [7, 11) is 0. The van der Waals surface area contributed by atoms with E-state index < -0.39 is 0 Å². The smallest absolute Gasteiger partial charge is 0.150 e. The molecule has 0 bridgehead atoms. The highest BCUT2D eigenvalue weighted by Gasteiger charge is 2.17. The van der Waals surface area contributed by atoms with Gasteiger partial charge in [0.15, 0.2) is 0 Å². The number of hydrogen-bond acceptors (Lipinski definition) is 2. The fourth-order valence-corrected chi connectivity index (χ4v) is 5.23. The summed E-state index contributed by atoms with van der Waals surface area (Å²) in [5.41, 5.74) is 8.20. The van der Waals surface area contributed by atoms with E-state index in [4.69, 9.17) is 4.98 Å². The van der Waals surface area contributed by atoms with E-state index in [2.05, 4.69) is 77.1 Å². The number of nitrogens with zero attached hydrogens (tertiary/aromatic N) is 2. The van der Waals surface area contributed by atoms with Gasteiger partial charge in [0.25, 0.3) is 0 Å². The number of H-pyrrole nitrogens is 1. The molecule has 2 aromatic heterocycles. The molecule has 0 spiro atoms. The Morgan fingerprint density at radius 1 is 0.757 bits per heavy atom. The summed E-state index contributed by atoms with van der Waals surface area (Å²) in [6.07, 6.45) is 4.44. The average molecular weight is 484 g/mol. The number of nitrogens with one attached hydrogen (secondary N) is 1. The van der Waals surface area contributed by atoms with Crippen LogP contribution in [-0.2, 0) is 6.54 Å². The highest BCUT2D eigenvalue weighted by Crippen LogP contribution is 2.36. The summed E-state index contributed by atoms with van der Waals surface area (Å²) in [4.78, 5) is 20.3. The zero-order valence-electron chi connectivity index (χ0n) is 20.9. The summed E-state index contributed by atoms with van der Waals surface area (Å²) < 4.78 is 2.39. The number of rotatable bonds is 8. The van der Waals surface area contributed by atoms with E-state index in [1.165, 1.54) is 23.9 Å². The molecule has 6 aromatic rings. The molecule has 0 aliphatic rings. The molecule has 0 aliphatic heterocycles. The summed E-state index contributed by atoms with van der Waals surface area (Å²) in [6, 6.07) is 33.2. The molecule has 0 saturated carbocycles. The van der Waals surface area contributed by atoms with Gasteiger partial charge in [-0.1, -0.05) is 80.4 Å². The molecule has 4 aromatic carbocycles. The van der Waals surface area contributed by atoms with Gasteiger partial charge in [-0.2, -0.15) is 0 Å². The first-order chi connectivity index (χ1) is 18.3. The largest absolute Gasteiger partial charge is 0.340 e. The third-order valence-corrected chi connectivity index (χ3v) is 7.10. The van der Waals surface area contributed by atoms with Crippen LogP contribution >= 0.6 is 0 Å². The van der Waals surface area contributed by atoms with Gasteiger partial charge in [-0.05, 0) is 42.8 Å². The Balaban J connectivity index is 1.53. The monoisotopic (exact) mass is 483 g/mol. The number of imidazole rings is 1. The van der Waals surface area contributed by atoms with E-state index >= 15 is 0 Å². The SMILES string of the molecule is CCCCCn1c2ccc(C=O)cc2c2cc(-c3nc(-c4ccccc4)c(-c4ccccc4)[nH]3)ccc21. The van der Waals surface area contributed by atoms with Gasteiger partial charge in [-0.15, -0.1) is 0 Å². The van der Waals surface area contributed by atoms with Gasteiger partial charge in [0, 0.05) is 50.6 Å². The van der Waals surface area contributed by atoms with E-state index in [-0.39, 0.29) is 0 Å². The van der Waals surface area contributed by atoms with Crippen LogP contribution in [0.3, 0.4) is 0 Å². The van der Waals surface area contributed by atoms with Crippen molar-refractivity contribution >= 4 is 28.1 Å². The van der Waals surface area contributed by atoms with Crippen molar-refractivity contribution in [3.05, 3.63) is 103 Å². The number of benzene rings is 4. The van der Waals surface area contributed by atoms with Crippen LogP contribution in [-0.4, -0.2) is 20.8 Å². The molecule has 0 saturated heterocycles. The van der Waals surface area contributed by atoms with Gasteiger partial charge in [-0.25, -0.2) is 4.98 Å². The highest BCUT2D eigenvalue weighted by molar-refractivity contribution is 6.10. The maximum absolute atomic E-state index is 11.6. The van der Waals surface area contributed by atoms with Crippen LogP contribution in [0.1, 0.15) is 36.5 Å². The van der Waals surface area contributed by atoms with Crippen LogP contribution in [0.5, 0.6) is 0 Å². The lowest BCUT2D eigenvalue weighted by molar-refractivity contribution is 0.112. The molecule has 0 fully saturated rings. The Labute approximate surface area is 216 Å². The van der Waals surface area contributed by atoms with Crippen molar-refractivity contribution in [3.63, 3.8) is 0 Å². The Hall–Kier alpha value is -4.44. The number of aryl methyl sites for hydroxylation is 1. The molecule has 2 heterocycles. The third kappa shape index (κ3) is 4.25. The van der Waals surface area contributed by atoms with E-state index in [0.29, 0.717) is 5.56 Å². The second kappa shape index (κ2) is 9.90. The van der Waals surface area contributed by atoms with Crippen LogP contribution in [0.15, 0.2) is 97.1 Å². The number of fused-ring (bicyclic) bond motifs is 3. The predicted molar refractivity (Wildman–Crippen MR) is 153 cm³/mol. The van der Waals surface area contributed by atoms with Crippen LogP contribution in [0.4, 0.5) is 0 Å². The number of carbonyl (C=O) groups excluding carboxylic acids is 1. The zero-order valence-corrected chi connectivity index (χ0v) is 20.9. The Bertz CT molecular complexity index is 1640. The second-order valence-electron chi connectivity index (χ2n) is 9.53.